The lowest BCUT2D eigenvalue weighted by molar-refractivity contribution is 1.04. The molecule has 3 aromatic rings. The number of aromatic nitrogens is 1. The Morgan fingerprint density at radius 3 is 2.68 bits per heavy atom. The molecular weight excluding hydrogens is 230 g/mol. The Bertz CT molecular complexity index is 744. The molecule has 1 aliphatic carbocycles. The lowest BCUT2D eigenvalue weighted by atomic mass is 10.1. The van der Waals surface area contributed by atoms with Crippen LogP contribution < -0.4 is 0 Å². The molecular formula is C18H15N. The van der Waals surface area contributed by atoms with Crippen molar-refractivity contribution in [2.75, 3.05) is 0 Å². The van der Waals surface area contributed by atoms with Crippen LogP contribution in [0.2, 0.25) is 0 Å². The third kappa shape index (κ3) is 1.88. The lowest BCUT2D eigenvalue weighted by Gasteiger charge is -1.99. The first kappa shape index (κ1) is 10.6. The summed E-state index contributed by atoms with van der Waals surface area (Å²) in [5, 5.41) is 1.30. The van der Waals surface area contributed by atoms with Crippen LogP contribution in [0.15, 0.2) is 60.2 Å². The number of H-pyrrole nitrogens is 1. The maximum atomic E-state index is 3.51. The molecule has 4 rings (SSSR count). The fraction of sp³-hybridized carbons (Fsp3) is 0.111. The molecule has 1 N–H and O–H groups in total. The first-order valence-corrected chi connectivity index (χ1v) is 6.72. The molecule has 0 spiro atoms. The third-order valence-corrected chi connectivity index (χ3v) is 3.84. The second-order valence-corrected chi connectivity index (χ2v) is 5.24. The Hall–Kier alpha value is -2.28. The SMILES string of the molecule is C1=C(Cc2cc3ccccc3[nH]2)Cc2ccccc21. The zero-order valence-electron chi connectivity index (χ0n) is 10.7. The molecule has 0 saturated carbocycles. The van der Waals surface area contributed by atoms with E-state index in [0.717, 1.165) is 12.8 Å². The number of aromatic amines is 1. The van der Waals surface area contributed by atoms with E-state index in [2.05, 4.69) is 65.7 Å². The van der Waals surface area contributed by atoms with Crippen LogP contribution in [-0.4, -0.2) is 4.98 Å². The summed E-state index contributed by atoms with van der Waals surface area (Å²) in [6.07, 6.45) is 4.44. The van der Waals surface area contributed by atoms with Gasteiger partial charge in [0.15, 0.2) is 0 Å². The number of nitrogens with one attached hydrogen (secondary N) is 1. The Kier molecular flexibility index (Phi) is 2.31. The molecule has 1 heteroatoms. The maximum Gasteiger partial charge on any atom is 0.0456 e. The van der Waals surface area contributed by atoms with Gasteiger partial charge in [0.05, 0.1) is 0 Å². The number of hydrogen-bond donors (Lipinski definition) is 1. The summed E-state index contributed by atoms with van der Waals surface area (Å²) in [5.41, 5.74) is 6.86. The fourth-order valence-electron chi connectivity index (χ4n) is 2.94. The van der Waals surface area contributed by atoms with Crippen LogP contribution in [0.5, 0.6) is 0 Å². The average molecular weight is 245 g/mol. The van der Waals surface area contributed by atoms with Crippen molar-refractivity contribution >= 4 is 17.0 Å². The number of allylic oxidation sites excluding steroid dienone is 1. The molecule has 0 radical (unpaired) electrons. The van der Waals surface area contributed by atoms with Crippen molar-refractivity contribution in [3.8, 4) is 0 Å². The van der Waals surface area contributed by atoms with Crippen molar-refractivity contribution in [3.63, 3.8) is 0 Å². The zero-order valence-corrected chi connectivity index (χ0v) is 10.7. The molecule has 0 bridgehead atoms. The van der Waals surface area contributed by atoms with Gasteiger partial charge in [-0.25, -0.2) is 0 Å². The van der Waals surface area contributed by atoms with E-state index in [1.165, 1.54) is 33.3 Å². The van der Waals surface area contributed by atoms with Gasteiger partial charge in [-0.3, -0.25) is 0 Å². The van der Waals surface area contributed by atoms with Crippen molar-refractivity contribution in [1.82, 2.24) is 4.98 Å². The normalized spacial score (nSPS) is 13.6. The van der Waals surface area contributed by atoms with Crippen LogP contribution in [0, 0.1) is 0 Å². The minimum Gasteiger partial charge on any atom is -0.358 e. The minimum atomic E-state index is 1.02. The largest absolute Gasteiger partial charge is 0.358 e. The van der Waals surface area contributed by atoms with Crippen molar-refractivity contribution < 1.29 is 0 Å². The van der Waals surface area contributed by atoms with Crippen LogP contribution >= 0.6 is 0 Å². The predicted octanol–water partition coefficient (Wildman–Crippen LogP) is 4.35. The van der Waals surface area contributed by atoms with Crippen LogP contribution in [0.4, 0.5) is 0 Å². The first-order chi connectivity index (χ1) is 9.38. The highest BCUT2D eigenvalue weighted by Crippen LogP contribution is 2.27. The Balaban J connectivity index is 1.63. The van der Waals surface area contributed by atoms with Gasteiger partial charge in [0.2, 0.25) is 0 Å². The summed E-state index contributed by atoms with van der Waals surface area (Å²) in [7, 11) is 0. The summed E-state index contributed by atoms with van der Waals surface area (Å²) in [4.78, 5) is 3.51. The monoisotopic (exact) mass is 245 g/mol. The molecule has 1 heterocycles. The molecule has 0 aliphatic heterocycles. The number of rotatable bonds is 2. The Morgan fingerprint density at radius 1 is 0.947 bits per heavy atom. The van der Waals surface area contributed by atoms with Gasteiger partial charge < -0.3 is 4.98 Å². The van der Waals surface area contributed by atoms with E-state index in [1.54, 1.807) is 0 Å². The van der Waals surface area contributed by atoms with Gasteiger partial charge in [0, 0.05) is 17.6 Å². The maximum absolute atomic E-state index is 3.51. The standard InChI is InChI=1S/C18H15N/c1-2-6-15-10-13(9-14(15)5-1)11-17-12-16-7-3-4-8-18(16)19-17/h1-9,12,19H,10-11H2. The van der Waals surface area contributed by atoms with Gasteiger partial charge in [-0.15, -0.1) is 0 Å². The van der Waals surface area contributed by atoms with Crippen LogP contribution in [0.3, 0.4) is 0 Å². The molecule has 2 aromatic carbocycles. The lowest BCUT2D eigenvalue weighted by Crippen LogP contribution is -1.90. The summed E-state index contributed by atoms with van der Waals surface area (Å²) >= 11 is 0. The second-order valence-electron chi connectivity index (χ2n) is 5.24. The Labute approximate surface area is 112 Å². The van der Waals surface area contributed by atoms with Crippen molar-refractivity contribution in [2.24, 2.45) is 0 Å². The van der Waals surface area contributed by atoms with E-state index in [-0.39, 0.29) is 0 Å². The molecule has 0 unspecified atom stereocenters. The van der Waals surface area contributed by atoms with E-state index in [9.17, 15) is 0 Å². The topological polar surface area (TPSA) is 15.8 Å². The molecule has 1 aromatic heterocycles. The van der Waals surface area contributed by atoms with Gasteiger partial charge in [-0.2, -0.15) is 0 Å². The Morgan fingerprint density at radius 2 is 1.79 bits per heavy atom. The quantitative estimate of drug-likeness (QED) is 0.691. The zero-order chi connectivity index (χ0) is 12.7. The smallest absolute Gasteiger partial charge is 0.0456 e. The number of fused-ring (bicyclic) bond motifs is 2. The summed E-state index contributed by atoms with van der Waals surface area (Å²) in [6, 6.07) is 19.4. The minimum absolute atomic E-state index is 1.02. The van der Waals surface area contributed by atoms with Gasteiger partial charge in [0.25, 0.3) is 0 Å². The second kappa shape index (κ2) is 4.13. The highest BCUT2D eigenvalue weighted by Gasteiger charge is 2.12. The summed E-state index contributed by atoms with van der Waals surface area (Å²) in [6.45, 7) is 0. The first-order valence-electron chi connectivity index (χ1n) is 6.72. The molecule has 0 saturated heterocycles. The van der Waals surface area contributed by atoms with Crippen molar-refractivity contribution in [2.45, 2.75) is 12.8 Å². The molecule has 1 aliphatic rings. The number of benzene rings is 2. The van der Waals surface area contributed by atoms with Crippen molar-refractivity contribution in [3.05, 3.63) is 77.0 Å². The van der Waals surface area contributed by atoms with E-state index >= 15 is 0 Å². The fourth-order valence-corrected chi connectivity index (χ4v) is 2.94. The van der Waals surface area contributed by atoms with Crippen LogP contribution in [0.25, 0.3) is 17.0 Å². The van der Waals surface area contributed by atoms with Gasteiger partial charge in [0.1, 0.15) is 0 Å². The van der Waals surface area contributed by atoms with Gasteiger partial charge >= 0.3 is 0 Å². The van der Waals surface area contributed by atoms with Gasteiger partial charge in [-0.1, -0.05) is 54.1 Å². The van der Waals surface area contributed by atoms with Crippen molar-refractivity contribution in [1.29, 1.82) is 0 Å². The number of hydrogen-bond acceptors (Lipinski definition) is 0. The van der Waals surface area contributed by atoms with Gasteiger partial charge in [-0.05, 0) is 35.1 Å². The van der Waals surface area contributed by atoms with E-state index < -0.39 is 0 Å². The molecule has 0 atom stereocenters. The predicted molar refractivity (Wildman–Crippen MR) is 80.1 cm³/mol. The molecule has 92 valence electrons. The van der Waals surface area contributed by atoms with E-state index in [1.807, 2.05) is 0 Å². The molecule has 0 amide bonds. The summed E-state index contributed by atoms with van der Waals surface area (Å²) in [5.74, 6) is 0. The average Bonchev–Trinajstić information content (AvgIpc) is 3.00. The van der Waals surface area contributed by atoms with E-state index in [4.69, 9.17) is 0 Å². The van der Waals surface area contributed by atoms with Crippen LogP contribution in [-0.2, 0) is 12.8 Å². The highest BCUT2D eigenvalue weighted by atomic mass is 14.7. The third-order valence-electron chi connectivity index (χ3n) is 3.84. The highest BCUT2D eigenvalue weighted by molar-refractivity contribution is 5.80. The summed E-state index contributed by atoms with van der Waals surface area (Å²) < 4.78 is 0. The molecule has 0 fully saturated rings. The number of para-hydroxylation sites is 1. The molecule has 19 heavy (non-hydrogen) atoms. The van der Waals surface area contributed by atoms with E-state index in [0.29, 0.717) is 0 Å². The molecule has 1 nitrogen and oxygen atoms in total. The van der Waals surface area contributed by atoms with Crippen LogP contribution in [0.1, 0.15) is 16.8 Å².